The third kappa shape index (κ3) is 2.86. The Kier molecular flexibility index (Phi) is 3.72. The first-order valence-corrected chi connectivity index (χ1v) is 8.04. The number of aromatic nitrogens is 4. The van der Waals surface area contributed by atoms with Crippen molar-refractivity contribution in [2.24, 2.45) is 0 Å². The summed E-state index contributed by atoms with van der Waals surface area (Å²) in [4.78, 5) is 20.8. The van der Waals surface area contributed by atoms with Crippen molar-refractivity contribution < 1.29 is 9.42 Å². The van der Waals surface area contributed by atoms with Gasteiger partial charge in [0.05, 0.1) is 12.2 Å². The van der Waals surface area contributed by atoms with Gasteiger partial charge in [-0.15, -0.1) is 11.3 Å². The lowest BCUT2D eigenvalue weighted by Gasteiger charge is -2.02. The van der Waals surface area contributed by atoms with Crippen molar-refractivity contribution in [1.82, 2.24) is 25.6 Å². The van der Waals surface area contributed by atoms with Crippen molar-refractivity contribution >= 4 is 28.3 Å². The van der Waals surface area contributed by atoms with Crippen molar-refractivity contribution in [2.45, 2.75) is 6.54 Å². The molecule has 4 aromatic rings. The van der Waals surface area contributed by atoms with E-state index in [9.17, 15) is 4.79 Å². The van der Waals surface area contributed by atoms with Crippen LogP contribution in [0.2, 0.25) is 0 Å². The minimum atomic E-state index is -0.229. The standard InChI is InChI=1S/C16H11N5O2S/c22-15(18-8-11-3-1-2-6-17-11)14-9-24-16(19-14)10-4-5-12-13(7-10)21-23-20-12/h1-7,9H,8H2,(H,18,22). The minimum Gasteiger partial charge on any atom is -0.345 e. The Morgan fingerprint density at radius 3 is 2.96 bits per heavy atom. The molecule has 0 fully saturated rings. The molecule has 0 aliphatic carbocycles. The van der Waals surface area contributed by atoms with Crippen molar-refractivity contribution in [1.29, 1.82) is 0 Å². The van der Waals surface area contributed by atoms with Crippen LogP contribution in [0.4, 0.5) is 0 Å². The molecule has 1 amide bonds. The fraction of sp³-hybridized carbons (Fsp3) is 0.0625. The van der Waals surface area contributed by atoms with Crippen LogP contribution in [0, 0.1) is 0 Å². The van der Waals surface area contributed by atoms with Gasteiger partial charge < -0.3 is 5.32 Å². The molecular weight excluding hydrogens is 326 g/mol. The summed E-state index contributed by atoms with van der Waals surface area (Å²) in [5, 5.41) is 12.9. The number of benzene rings is 1. The molecule has 8 heteroatoms. The van der Waals surface area contributed by atoms with Gasteiger partial charge in [-0.2, -0.15) is 0 Å². The highest BCUT2D eigenvalue weighted by Crippen LogP contribution is 2.26. The molecule has 0 saturated carbocycles. The molecule has 1 aromatic carbocycles. The van der Waals surface area contributed by atoms with E-state index in [4.69, 9.17) is 0 Å². The van der Waals surface area contributed by atoms with Gasteiger partial charge in [-0.25, -0.2) is 9.61 Å². The number of hydrogen-bond donors (Lipinski definition) is 1. The molecule has 0 atom stereocenters. The quantitative estimate of drug-likeness (QED) is 0.615. The molecule has 24 heavy (non-hydrogen) atoms. The maximum Gasteiger partial charge on any atom is 0.271 e. The Labute approximate surface area is 140 Å². The number of carbonyl (C=O) groups is 1. The normalized spacial score (nSPS) is 10.8. The first-order chi connectivity index (χ1) is 11.8. The summed E-state index contributed by atoms with van der Waals surface area (Å²) in [5.41, 5.74) is 3.38. The highest BCUT2D eigenvalue weighted by Gasteiger charge is 2.13. The van der Waals surface area contributed by atoms with E-state index in [-0.39, 0.29) is 5.91 Å². The van der Waals surface area contributed by atoms with Gasteiger partial charge in [0.15, 0.2) is 0 Å². The largest absolute Gasteiger partial charge is 0.345 e. The van der Waals surface area contributed by atoms with Gasteiger partial charge in [-0.1, -0.05) is 6.07 Å². The van der Waals surface area contributed by atoms with E-state index in [1.807, 2.05) is 36.4 Å². The zero-order chi connectivity index (χ0) is 16.4. The number of nitrogens with one attached hydrogen (secondary N) is 1. The number of amides is 1. The Balaban J connectivity index is 1.50. The molecule has 0 radical (unpaired) electrons. The van der Waals surface area contributed by atoms with Crippen LogP contribution in [0.3, 0.4) is 0 Å². The third-order valence-electron chi connectivity index (χ3n) is 3.39. The van der Waals surface area contributed by atoms with Gasteiger partial charge in [-0.3, -0.25) is 9.78 Å². The second-order valence-corrected chi connectivity index (χ2v) is 5.87. The molecule has 0 spiro atoms. The zero-order valence-electron chi connectivity index (χ0n) is 12.3. The molecule has 3 heterocycles. The first-order valence-electron chi connectivity index (χ1n) is 7.16. The second-order valence-electron chi connectivity index (χ2n) is 5.01. The molecule has 3 aromatic heterocycles. The summed E-state index contributed by atoms with van der Waals surface area (Å²) in [6.07, 6.45) is 1.69. The molecule has 0 bridgehead atoms. The number of pyridine rings is 1. The van der Waals surface area contributed by atoms with E-state index < -0.39 is 0 Å². The Morgan fingerprint density at radius 2 is 2.08 bits per heavy atom. The summed E-state index contributed by atoms with van der Waals surface area (Å²) in [7, 11) is 0. The molecule has 0 saturated heterocycles. The van der Waals surface area contributed by atoms with Crippen LogP contribution in [0.25, 0.3) is 21.6 Å². The van der Waals surface area contributed by atoms with Gasteiger partial charge in [0.1, 0.15) is 21.7 Å². The molecule has 4 rings (SSSR count). The van der Waals surface area contributed by atoms with Crippen molar-refractivity contribution in [3.63, 3.8) is 0 Å². The lowest BCUT2D eigenvalue weighted by molar-refractivity contribution is 0.0946. The molecule has 0 aliphatic heterocycles. The lowest BCUT2D eigenvalue weighted by Crippen LogP contribution is -2.23. The maximum atomic E-state index is 12.2. The Morgan fingerprint density at radius 1 is 1.17 bits per heavy atom. The van der Waals surface area contributed by atoms with E-state index in [2.05, 4.69) is 30.2 Å². The van der Waals surface area contributed by atoms with Gasteiger partial charge in [-0.05, 0) is 40.6 Å². The van der Waals surface area contributed by atoms with Crippen LogP contribution in [-0.4, -0.2) is 26.2 Å². The number of nitrogens with zero attached hydrogens (tertiary/aromatic N) is 4. The molecule has 0 unspecified atom stereocenters. The minimum absolute atomic E-state index is 0.229. The van der Waals surface area contributed by atoms with Gasteiger partial charge in [0, 0.05) is 17.1 Å². The third-order valence-corrected chi connectivity index (χ3v) is 4.29. The number of thiazole rings is 1. The monoisotopic (exact) mass is 337 g/mol. The smallest absolute Gasteiger partial charge is 0.271 e. The van der Waals surface area contributed by atoms with Crippen molar-refractivity contribution in [2.75, 3.05) is 0 Å². The van der Waals surface area contributed by atoms with E-state index in [1.165, 1.54) is 11.3 Å². The predicted molar refractivity (Wildman–Crippen MR) is 88.3 cm³/mol. The fourth-order valence-electron chi connectivity index (χ4n) is 2.19. The average molecular weight is 337 g/mol. The zero-order valence-corrected chi connectivity index (χ0v) is 13.2. The number of rotatable bonds is 4. The first kappa shape index (κ1) is 14.5. The van der Waals surface area contributed by atoms with Crippen LogP contribution >= 0.6 is 11.3 Å². The molecule has 118 valence electrons. The van der Waals surface area contributed by atoms with Crippen LogP contribution < -0.4 is 5.32 Å². The highest BCUT2D eigenvalue weighted by atomic mass is 32.1. The maximum absolute atomic E-state index is 12.2. The van der Waals surface area contributed by atoms with Gasteiger partial charge in [0.25, 0.3) is 5.91 Å². The summed E-state index contributed by atoms with van der Waals surface area (Å²) in [6, 6.07) is 11.1. The highest BCUT2D eigenvalue weighted by molar-refractivity contribution is 7.13. The summed E-state index contributed by atoms with van der Waals surface area (Å²) >= 11 is 1.40. The number of fused-ring (bicyclic) bond motifs is 1. The molecule has 7 nitrogen and oxygen atoms in total. The van der Waals surface area contributed by atoms with Crippen LogP contribution in [-0.2, 0) is 6.54 Å². The average Bonchev–Trinajstić information content (AvgIpc) is 3.29. The van der Waals surface area contributed by atoms with Crippen LogP contribution in [0.15, 0.2) is 52.6 Å². The van der Waals surface area contributed by atoms with Crippen molar-refractivity contribution in [3.05, 3.63) is 59.4 Å². The van der Waals surface area contributed by atoms with Crippen LogP contribution in [0.1, 0.15) is 16.2 Å². The summed E-state index contributed by atoms with van der Waals surface area (Å²) in [5.74, 6) is -0.229. The van der Waals surface area contributed by atoms with Crippen molar-refractivity contribution in [3.8, 4) is 10.6 Å². The van der Waals surface area contributed by atoms with Crippen LogP contribution in [0.5, 0.6) is 0 Å². The summed E-state index contributed by atoms with van der Waals surface area (Å²) < 4.78 is 4.69. The molecule has 0 aliphatic rings. The van der Waals surface area contributed by atoms with E-state index in [1.54, 1.807) is 11.6 Å². The Hall–Kier alpha value is -3.13. The van der Waals surface area contributed by atoms with E-state index in [0.29, 0.717) is 23.3 Å². The Bertz CT molecular complexity index is 996. The van der Waals surface area contributed by atoms with E-state index in [0.717, 1.165) is 16.3 Å². The number of carbonyl (C=O) groups excluding carboxylic acids is 1. The summed E-state index contributed by atoms with van der Waals surface area (Å²) in [6.45, 7) is 0.364. The molecular formula is C16H11N5O2S. The van der Waals surface area contributed by atoms with Gasteiger partial charge >= 0.3 is 0 Å². The second kappa shape index (κ2) is 6.17. The SMILES string of the molecule is O=C(NCc1ccccn1)c1csc(-c2ccc3nonc3c2)n1. The topological polar surface area (TPSA) is 93.8 Å². The number of hydrogen-bond acceptors (Lipinski definition) is 7. The van der Waals surface area contributed by atoms with Gasteiger partial charge in [0.2, 0.25) is 0 Å². The molecule has 1 N–H and O–H groups in total. The predicted octanol–water partition coefficient (Wildman–Crippen LogP) is 2.67. The fourth-order valence-corrected chi connectivity index (χ4v) is 2.99. The van der Waals surface area contributed by atoms with E-state index >= 15 is 0 Å². The lowest BCUT2D eigenvalue weighted by atomic mass is 10.2.